The second kappa shape index (κ2) is 8.45. The van der Waals surface area contributed by atoms with Crippen LogP contribution in [0, 0.1) is 0 Å². The number of aryl methyl sites for hydroxylation is 1. The molecule has 1 saturated heterocycles. The summed E-state index contributed by atoms with van der Waals surface area (Å²) in [6.07, 6.45) is 7.89. The lowest BCUT2D eigenvalue weighted by Gasteiger charge is -2.25. The molecule has 158 valence electrons. The fourth-order valence-electron chi connectivity index (χ4n) is 3.62. The smallest absolute Gasteiger partial charge is 0.268 e. The predicted octanol–water partition coefficient (Wildman–Crippen LogP) is 2.32. The summed E-state index contributed by atoms with van der Waals surface area (Å²) in [7, 11) is -1.88. The van der Waals surface area contributed by atoms with Gasteiger partial charge in [-0.15, -0.1) is 0 Å². The predicted molar refractivity (Wildman–Crippen MR) is 113 cm³/mol. The maximum Gasteiger partial charge on any atom is 0.268 e. The van der Waals surface area contributed by atoms with Gasteiger partial charge in [-0.25, -0.2) is 13.1 Å². The first-order chi connectivity index (χ1) is 14.4. The molecule has 0 spiro atoms. The third-order valence-corrected chi connectivity index (χ3v) is 7.19. The summed E-state index contributed by atoms with van der Waals surface area (Å²) in [6, 6.07) is 11.0. The Morgan fingerprint density at radius 2 is 1.87 bits per heavy atom. The normalized spacial score (nSPS) is 15.2. The minimum Gasteiger partial charge on any atom is -0.347 e. The number of rotatable bonds is 6. The van der Waals surface area contributed by atoms with Gasteiger partial charge in [0.15, 0.2) is 0 Å². The zero-order valence-corrected chi connectivity index (χ0v) is 17.7. The van der Waals surface area contributed by atoms with Gasteiger partial charge in [-0.3, -0.25) is 4.79 Å². The average molecular weight is 428 g/mol. The number of sulfonamides is 1. The zero-order valence-electron chi connectivity index (χ0n) is 16.9. The first-order valence-corrected chi connectivity index (χ1v) is 11.4. The van der Waals surface area contributed by atoms with Crippen LogP contribution in [-0.2, 0) is 23.6 Å². The summed E-state index contributed by atoms with van der Waals surface area (Å²) in [5.74, 6) is -0.311. The standard InChI is InChI=1S/C21H25N5O3S/c1-24-16-19(30(28,29)25-11-3-2-4-12-25)14-20(24)21(27)22-15-17-6-8-18(9-7-17)26-13-5-10-23-26/h5-10,13-14,16H,2-4,11-12,15H2,1H3,(H,22,27). The highest BCUT2D eigenvalue weighted by atomic mass is 32.2. The molecule has 1 fully saturated rings. The highest BCUT2D eigenvalue weighted by molar-refractivity contribution is 7.89. The van der Waals surface area contributed by atoms with Crippen molar-refractivity contribution in [2.75, 3.05) is 13.1 Å². The van der Waals surface area contributed by atoms with E-state index in [9.17, 15) is 13.2 Å². The van der Waals surface area contributed by atoms with Crippen molar-refractivity contribution in [3.05, 3.63) is 66.2 Å². The Kier molecular flexibility index (Phi) is 5.74. The van der Waals surface area contributed by atoms with E-state index in [1.807, 2.05) is 36.5 Å². The van der Waals surface area contributed by atoms with E-state index in [4.69, 9.17) is 0 Å². The molecule has 0 saturated carbocycles. The number of nitrogens with zero attached hydrogens (tertiary/aromatic N) is 4. The topological polar surface area (TPSA) is 89.2 Å². The molecule has 30 heavy (non-hydrogen) atoms. The van der Waals surface area contributed by atoms with Gasteiger partial charge in [-0.05, 0) is 42.7 Å². The van der Waals surface area contributed by atoms with Crippen molar-refractivity contribution in [3.63, 3.8) is 0 Å². The van der Waals surface area contributed by atoms with Crippen LogP contribution in [-0.4, -0.2) is 46.1 Å². The number of aromatic nitrogens is 3. The summed E-state index contributed by atoms with van der Waals surface area (Å²) >= 11 is 0. The maximum atomic E-state index is 12.9. The Morgan fingerprint density at radius 3 is 2.53 bits per heavy atom. The van der Waals surface area contributed by atoms with Crippen LogP contribution < -0.4 is 5.32 Å². The lowest BCUT2D eigenvalue weighted by Crippen LogP contribution is -2.35. The molecular weight excluding hydrogens is 402 g/mol. The van der Waals surface area contributed by atoms with E-state index >= 15 is 0 Å². The number of carbonyl (C=O) groups excluding carboxylic acids is 1. The van der Waals surface area contributed by atoms with Gasteiger partial charge in [0.1, 0.15) is 10.6 Å². The third kappa shape index (κ3) is 4.17. The lowest BCUT2D eigenvalue weighted by molar-refractivity contribution is 0.0942. The molecule has 0 unspecified atom stereocenters. The minimum atomic E-state index is -3.57. The molecule has 0 atom stereocenters. The Bertz CT molecular complexity index is 1110. The van der Waals surface area contributed by atoms with E-state index < -0.39 is 10.0 Å². The molecular formula is C21H25N5O3S. The van der Waals surface area contributed by atoms with E-state index in [-0.39, 0.29) is 10.8 Å². The third-order valence-electron chi connectivity index (χ3n) is 5.32. The van der Waals surface area contributed by atoms with E-state index in [0.29, 0.717) is 25.3 Å². The van der Waals surface area contributed by atoms with Gasteiger partial charge in [0.25, 0.3) is 5.91 Å². The van der Waals surface area contributed by atoms with Gasteiger partial charge >= 0.3 is 0 Å². The summed E-state index contributed by atoms with van der Waals surface area (Å²) in [5, 5.41) is 7.05. The van der Waals surface area contributed by atoms with Gasteiger partial charge < -0.3 is 9.88 Å². The summed E-state index contributed by atoms with van der Waals surface area (Å²) < 4.78 is 30.5. The van der Waals surface area contributed by atoms with Gasteiger partial charge in [0, 0.05) is 45.3 Å². The molecule has 2 aromatic heterocycles. The van der Waals surface area contributed by atoms with E-state index in [2.05, 4.69) is 10.4 Å². The summed E-state index contributed by atoms with van der Waals surface area (Å²) in [5.41, 5.74) is 2.19. The number of carbonyl (C=O) groups is 1. The van der Waals surface area contributed by atoms with Crippen LogP contribution >= 0.6 is 0 Å². The van der Waals surface area contributed by atoms with Crippen molar-refractivity contribution >= 4 is 15.9 Å². The number of piperidine rings is 1. The Morgan fingerprint density at radius 1 is 1.13 bits per heavy atom. The van der Waals surface area contributed by atoms with Crippen LogP contribution in [0.2, 0.25) is 0 Å². The van der Waals surface area contributed by atoms with Crippen LogP contribution in [0.25, 0.3) is 5.69 Å². The van der Waals surface area contributed by atoms with Crippen molar-refractivity contribution < 1.29 is 13.2 Å². The number of nitrogens with one attached hydrogen (secondary N) is 1. The average Bonchev–Trinajstić information content (AvgIpc) is 3.43. The van der Waals surface area contributed by atoms with Gasteiger partial charge in [0.2, 0.25) is 10.0 Å². The minimum absolute atomic E-state index is 0.167. The second-order valence-corrected chi connectivity index (χ2v) is 9.37. The number of amides is 1. The fraction of sp³-hybridized carbons (Fsp3) is 0.333. The van der Waals surface area contributed by atoms with Gasteiger partial charge in [0.05, 0.1) is 5.69 Å². The van der Waals surface area contributed by atoms with E-state index in [1.54, 1.807) is 22.5 Å². The number of hydrogen-bond acceptors (Lipinski definition) is 4. The summed E-state index contributed by atoms with van der Waals surface area (Å²) in [6.45, 7) is 1.41. The highest BCUT2D eigenvalue weighted by Gasteiger charge is 2.28. The molecule has 1 amide bonds. The second-order valence-electron chi connectivity index (χ2n) is 7.44. The molecule has 1 aliphatic rings. The largest absolute Gasteiger partial charge is 0.347 e. The zero-order chi connectivity index (χ0) is 21.1. The molecule has 0 radical (unpaired) electrons. The Hall–Kier alpha value is -2.91. The van der Waals surface area contributed by atoms with Crippen LogP contribution in [0.1, 0.15) is 35.3 Å². The number of benzene rings is 1. The summed E-state index contributed by atoms with van der Waals surface area (Å²) in [4.78, 5) is 12.8. The fourth-order valence-corrected chi connectivity index (χ4v) is 5.21. The van der Waals surface area contributed by atoms with Crippen molar-refractivity contribution in [1.29, 1.82) is 0 Å². The highest BCUT2D eigenvalue weighted by Crippen LogP contribution is 2.22. The maximum absolute atomic E-state index is 12.9. The van der Waals surface area contributed by atoms with Crippen LogP contribution in [0.15, 0.2) is 59.9 Å². The molecule has 0 bridgehead atoms. The Labute approximate surface area is 176 Å². The molecule has 0 aliphatic carbocycles. The SMILES string of the molecule is Cn1cc(S(=O)(=O)N2CCCCC2)cc1C(=O)NCc1ccc(-n2cccn2)cc1. The van der Waals surface area contributed by atoms with Gasteiger partial charge in [-0.2, -0.15) is 9.40 Å². The van der Waals surface area contributed by atoms with Gasteiger partial charge in [-0.1, -0.05) is 18.6 Å². The van der Waals surface area contributed by atoms with E-state index in [1.165, 1.54) is 16.6 Å². The van der Waals surface area contributed by atoms with Crippen molar-refractivity contribution in [2.24, 2.45) is 7.05 Å². The quantitative estimate of drug-likeness (QED) is 0.654. The van der Waals surface area contributed by atoms with Crippen LogP contribution in [0.3, 0.4) is 0 Å². The van der Waals surface area contributed by atoms with Crippen molar-refractivity contribution in [1.82, 2.24) is 24.0 Å². The molecule has 3 aromatic rings. The molecule has 1 N–H and O–H groups in total. The van der Waals surface area contributed by atoms with Crippen LogP contribution in [0.4, 0.5) is 0 Å². The van der Waals surface area contributed by atoms with E-state index in [0.717, 1.165) is 30.5 Å². The van der Waals surface area contributed by atoms with Crippen LogP contribution in [0.5, 0.6) is 0 Å². The first-order valence-electron chi connectivity index (χ1n) is 9.99. The molecule has 4 rings (SSSR count). The van der Waals surface area contributed by atoms with Crippen molar-refractivity contribution in [3.8, 4) is 5.69 Å². The molecule has 3 heterocycles. The lowest BCUT2D eigenvalue weighted by atomic mass is 10.2. The van der Waals surface area contributed by atoms with Crippen molar-refractivity contribution in [2.45, 2.75) is 30.7 Å². The monoisotopic (exact) mass is 427 g/mol. The molecule has 8 nitrogen and oxygen atoms in total. The Balaban J connectivity index is 1.42. The number of hydrogen-bond donors (Lipinski definition) is 1. The molecule has 1 aromatic carbocycles. The first kappa shape index (κ1) is 20.4. The molecule has 9 heteroatoms. The molecule has 1 aliphatic heterocycles.